The van der Waals surface area contributed by atoms with Crippen LogP contribution in [-0.4, -0.2) is 40.2 Å². The third kappa shape index (κ3) is 3.29. The number of morpholine rings is 1. The van der Waals surface area contributed by atoms with Gasteiger partial charge >= 0.3 is 15.6 Å². The SMILES string of the molecule is O=c1c(OS(=O)(=O)C(F)(F)F)c(N2CCOCC2)oc2ccccc12. The van der Waals surface area contributed by atoms with Gasteiger partial charge in [-0.3, -0.25) is 4.79 Å². The van der Waals surface area contributed by atoms with Crippen LogP contribution in [0.25, 0.3) is 11.0 Å². The molecule has 0 N–H and O–H groups in total. The Labute approximate surface area is 139 Å². The molecular weight excluding hydrogens is 367 g/mol. The Bertz CT molecular complexity index is 947. The second-order valence-corrected chi connectivity index (χ2v) is 6.68. The summed E-state index contributed by atoms with van der Waals surface area (Å²) in [7, 11) is -6.02. The number of ether oxygens (including phenoxy) is 1. The van der Waals surface area contributed by atoms with Gasteiger partial charge < -0.3 is 18.2 Å². The molecule has 1 aromatic heterocycles. The van der Waals surface area contributed by atoms with E-state index in [1.807, 2.05) is 0 Å². The fourth-order valence-electron chi connectivity index (χ4n) is 2.32. The molecule has 0 aliphatic carbocycles. The lowest BCUT2D eigenvalue weighted by molar-refractivity contribution is -0.0500. The highest BCUT2D eigenvalue weighted by Gasteiger charge is 2.49. The lowest BCUT2D eigenvalue weighted by Gasteiger charge is -2.28. The van der Waals surface area contributed by atoms with Crippen molar-refractivity contribution < 1.29 is 34.9 Å². The molecule has 0 radical (unpaired) electrons. The number of para-hydroxylation sites is 1. The molecule has 1 fully saturated rings. The number of hydrogen-bond donors (Lipinski definition) is 0. The molecule has 1 aliphatic heterocycles. The van der Waals surface area contributed by atoms with E-state index in [2.05, 4.69) is 4.18 Å². The normalized spacial score (nSPS) is 16.2. The standard InChI is InChI=1S/C14H12F3NO6S/c15-14(16,17)25(20,21)24-12-11(19)9-3-1-2-4-10(9)23-13(12)18-5-7-22-8-6-18/h1-4H,5-8H2. The number of nitrogens with zero attached hydrogens (tertiary/aromatic N) is 1. The summed E-state index contributed by atoms with van der Waals surface area (Å²) < 4.78 is 75.5. The molecule has 1 aliphatic rings. The molecule has 136 valence electrons. The van der Waals surface area contributed by atoms with Crippen LogP contribution in [0.2, 0.25) is 0 Å². The van der Waals surface area contributed by atoms with Gasteiger partial charge in [0, 0.05) is 13.1 Å². The second kappa shape index (κ2) is 6.23. The molecule has 25 heavy (non-hydrogen) atoms. The summed E-state index contributed by atoms with van der Waals surface area (Å²) in [4.78, 5) is 13.9. The van der Waals surface area contributed by atoms with Crippen LogP contribution in [0.15, 0.2) is 33.5 Å². The van der Waals surface area contributed by atoms with Gasteiger partial charge in [0.1, 0.15) is 5.58 Å². The van der Waals surface area contributed by atoms with Crippen molar-refractivity contribution in [3.8, 4) is 5.75 Å². The van der Waals surface area contributed by atoms with Gasteiger partial charge in [0.15, 0.2) is 0 Å². The Morgan fingerprint density at radius 3 is 2.40 bits per heavy atom. The maximum absolute atomic E-state index is 12.7. The maximum atomic E-state index is 12.7. The molecule has 0 bridgehead atoms. The van der Waals surface area contributed by atoms with E-state index in [0.29, 0.717) is 0 Å². The minimum atomic E-state index is -6.02. The van der Waals surface area contributed by atoms with Crippen LogP contribution in [0.4, 0.5) is 19.1 Å². The number of benzene rings is 1. The van der Waals surface area contributed by atoms with Gasteiger partial charge in [-0.05, 0) is 12.1 Å². The van der Waals surface area contributed by atoms with Gasteiger partial charge in [0.25, 0.3) is 5.75 Å². The van der Waals surface area contributed by atoms with Crippen molar-refractivity contribution in [1.29, 1.82) is 0 Å². The molecule has 0 unspecified atom stereocenters. The smallest absolute Gasteiger partial charge is 0.436 e. The molecular formula is C14H12F3NO6S. The van der Waals surface area contributed by atoms with E-state index in [0.717, 1.165) is 0 Å². The Balaban J connectivity index is 2.20. The predicted octanol–water partition coefficient (Wildman–Crippen LogP) is 1.86. The van der Waals surface area contributed by atoms with Crippen molar-refractivity contribution in [2.45, 2.75) is 5.51 Å². The highest BCUT2D eigenvalue weighted by atomic mass is 32.2. The molecule has 1 aromatic carbocycles. The summed E-state index contributed by atoms with van der Waals surface area (Å²) in [5, 5.41) is -0.0908. The zero-order chi connectivity index (χ0) is 18.2. The topological polar surface area (TPSA) is 86.1 Å². The number of halogens is 3. The summed E-state index contributed by atoms with van der Waals surface area (Å²) in [5.74, 6) is -1.39. The Morgan fingerprint density at radius 2 is 1.76 bits per heavy atom. The first-order chi connectivity index (χ1) is 11.7. The maximum Gasteiger partial charge on any atom is 0.534 e. The number of hydrogen-bond acceptors (Lipinski definition) is 7. The summed E-state index contributed by atoms with van der Waals surface area (Å²) in [6, 6.07) is 5.79. The van der Waals surface area contributed by atoms with E-state index in [1.165, 1.54) is 23.1 Å². The minimum absolute atomic E-state index is 0.0908. The zero-order valence-electron chi connectivity index (χ0n) is 12.6. The number of alkyl halides is 3. The first-order valence-corrected chi connectivity index (χ1v) is 8.51. The molecule has 0 atom stereocenters. The average Bonchev–Trinajstić information content (AvgIpc) is 2.57. The summed E-state index contributed by atoms with van der Waals surface area (Å²) in [6.45, 7) is 0.872. The van der Waals surface area contributed by atoms with Gasteiger partial charge in [-0.25, -0.2) is 0 Å². The number of anilines is 1. The molecule has 2 heterocycles. The van der Waals surface area contributed by atoms with Crippen molar-refractivity contribution >= 4 is 27.0 Å². The monoisotopic (exact) mass is 379 g/mol. The second-order valence-electron chi connectivity index (χ2n) is 5.14. The van der Waals surface area contributed by atoms with E-state index in [-0.39, 0.29) is 43.2 Å². The van der Waals surface area contributed by atoms with Gasteiger partial charge in [-0.15, -0.1) is 0 Å². The molecule has 0 saturated carbocycles. The zero-order valence-corrected chi connectivity index (χ0v) is 13.4. The molecule has 1 saturated heterocycles. The lowest BCUT2D eigenvalue weighted by atomic mass is 10.2. The van der Waals surface area contributed by atoms with Crippen LogP contribution in [0, 0.1) is 0 Å². The van der Waals surface area contributed by atoms with E-state index in [1.54, 1.807) is 6.07 Å². The van der Waals surface area contributed by atoms with Gasteiger partial charge in [0.2, 0.25) is 11.3 Å². The van der Waals surface area contributed by atoms with Crippen LogP contribution in [0.5, 0.6) is 5.75 Å². The predicted molar refractivity (Wildman–Crippen MR) is 81.1 cm³/mol. The first-order valence-electron chi connectivity index (χ1n) is 7.10. The van der Waals surface area contributed by atoms with Crippen LogP contribution in [0.1, 0.15) is 0 Å². The third-order valence-corrected chi connectivity index (χ3v) is 4.47. The van der Waals surface area contributed by atoms with Crippen molar-refractivity contribution in [3.63, 3.8) is 0 Å². The van der Waals surface area contributed by atoms with Gasteiger partial charge in [-0.1, -0.05) is 12.1 Å². The highest BCUT2D eigenvalue weighted by Crippen LogP contribution is 2.34. The molecule has 0 amide bonds. The minimum Gasteiger partial charge on any atom is -0.436 e. The van der Waals surface area contributed by atoms with Crippen molar-refractivity contribution in [2.24, 2.45) is 0 Å². The van der Waals surface area contributed by atoms with E-state index in [4.69, 9.17) is 9.15 Å². The molecule has 2 aromatic rings. The number of rotatable bonds is 3. The third-order valence-electron chi connectivity index (χ3n) is 3.51. The molecule has 7 nitrogen and oxygen atoms in total. The molecule has 3 rings (SSSR count). The lowest BCUT2D eigenvalue weighted by Crippen LogP contribution is -2.38. The fraction of sp³-hybridized carbons (Fsp3) is 0.357. The fourth-order valence-corrected chi connectivity index (χ4v) is 2.78. The average molecular weight is 379 g/mol. The van der Waals surface area contributed by atoms with Crippen molar-refractivity contribution in [1.82, 2.24) is 0 Å². The Hall–Kier alpha value is -2.27. The van der Waals surface area contributed by atoms with Gasteiger partial charge in [-0.2, -0.15) is 21.6 Å². The van der Waals surface area contributed by atoms with Crippen molar-refractivity contribution in [2.75, 3.05) is 31.2 Å². The van der Waals surface area contributed by atoms with E-state index >= 15 is 0 Å². The van der Waals surface area contributed by atoms with E-state index < -0.39 is 26.8 Å². The largest absolute Gasteiger partial charge is 0.534 e. The van der Waals surface area contributed by atoms with Crippen LogP contribution in [0.3, 0.4) is 0 Å². The van der Waals surface area contributed by atoms with E-state index in [9.17, 15) is 26.4 Å². The highest BCUT2D eigenvalue weighted by molar-refractivity contribution is 7.88. The molecule has 11 heteroatoms. The first kappa shape index (κ1) is 17.5. The summed E-state index contributed by atoms with van der Waals surface area (Å²) in [6.07, 6.45) is 0. The van der Waals surface area contributed by atoms with Crippen LogP contribution < -0.4 is 14.5 Å². The summed E-state index contributed by atoms with van der Waals surface area (Å²) >= 11 is 0. The number of fused-ring (bicyclic) bond motifs is 1. The Morgan fingerprint density at radius 1 is 1.12 bits per heavy atom. The quantitative estimate of drug-likeness (QED) is 0.594. The molecule has 0 spiro atoms. The van der Waals surface area contributed by atoms with Crippen LogP contribution in [-0.2, 0) is 14.9 Å². The van der Waals surface area contributed by atoms with Crippen molar-refractivity contribution in [3.05, 3.63) is 34.5 Å². The van der Waals surface area contributed by atoms with Crippen LogP contribution >= 0.6 is 0 Å². The Kier molecular flexibility index (Phi) is 4.37. The summed E-state index contributed by atoms with van der Waals surface area (Å²) in [5.41, 5.74) is -6.57. The van der Waals surface area contributed by atoms with Gasteiger partial charge in [0.05, 0.1) is 18.6 Å².